The number of carbonyl (C=O) groups excluding carboxylic acids is 2. The van der Waals surface area contributed by atoms with Crippen LogP contribution in [0.25, 0.3) is 17.4 Å². The third kappa shape index (κ3) is 3.94. The molecule has 0 saturated carbocycles. The molecule has 1 aliphatic heterocycles. The van der Waals surface area contributed by atoms with E-state index in [-0.39, 0.29) is 29.2 Å². The Kier molecular flexibility index (Phi) is 5.70. The maximum absolute atomic E-state index is 12.9. The van der Waals surface area contributed by atoms with Crippen molar-refractivity contribution in [3.63, 3.8) is 0 Å². The van der Waals surface area contributed by atoms with Gasteiger partial charge in [0.1, 0.15) is 23.2 Å². The molecule has 0 atom stereocenters. The van der Waals surface area contributed by atoms with E-state index in [0.29, 0.717) is 22.7 Å². The van der Waals surface area contributed by atoms with Gasteiger partial charge in [-0.1, -0.05) is 26.0 Å². The molecule has 2 amide bonds. The van der Waals surface area contributed by atoms with Crippen LogP contribution in [0.15, 0.2) is 57.5 Å². The van der Waals surface area contributed by atoms with Crippen LogP contribution in [0.5, 0.6) is 0 Å². The van der Waals surface area contributed by atoms with E-state index in [1.54, 1.807) is 31.2 Å². The lowest BCUT2D eigenvalue weighted by Gasteiger charge is -2.28. The molecule has 152 valence electrons. The highest BCUT2D eigenvalue weighted by Crippen LogP contribution is 2.29. The molecule has 0 bridgehead atoms. The summed E-state index contributed by atoms with van der Waals surface area (Å²) < 4.78 is 5.80. The lowest BCUT2D eigenvalue weighted by molar-refractivity contribution is -0.141. The number of carbonyl (C=O) groups is 3. The first-order chi connectivity index (χ1) is 14.2. The third-order valence-corrected chi connectivity index (χ3v) is 4.70. The number of amides is 2. The molecule has 2 heterocycles. The fraction of sp³-hybridized carbons (Fsp3) is 0.217. The monoisotopic (exact) mass is 404 g/mol. The van der Waals surface area contributed by atoms with Crippen molar-refractivity contribution in [2.75, 3.05) is 6.54 Å². The van der Waals surface area contributed by atoms with Crippen molar-refractivity contribution in [3.8, 4) is 17.4 Å². The van der Waals surface area contributed by atoms with Crippen molar-refractivity contribution >= 4 is 23.9 Å². The number of benzene rings is 1. The predicted octanol–water partition coefficient (Wildman–Crippen LogP) is 3.89. The van der Waals surface area contributed by atoms with E-state index < -0.39 is 17.8 Å². The molecule has 1 aromatic carbocycles. The molecular formula is C23H20N2O5. The average Bonchev–Trinajstić information content (AvgIpc) is 3.17. The normalized spacial score (nSPS) is 15.8. The van der Waals surface area contributed by atoms with Gasteiger partial charge in [0.2, 0.25) is 0 Å². The van der Waals surface area contributed by atoms with E-state index in [4.69, 9.17) is 9.52 Å². The second-order valence-corrected chi connectivity index (χ2v) is 7.37. The van der Waals surface area contributed by atoms with Crippen molar-refractivity contribution in [3.05, 3.63) is 64.4 Å². The van der Waals surface area contributed by atoms with Crippen LogP contribution >= 0.6 is 0 Å². The van der Waals surface area contributed by atoms with E-state index in [2.05, 4.69) is 0 Å². The van der Waals surface area contributed by atoms with E-state index >= 15 is 0 Å². The van der Waals surface area contributed by atoms with E-state index in [0.717, 1.165) is 4.90 Å². The Morgan fingerprint density at radius 2 is 1.83 bits per heavy atom. The highest BCUT2D eigenvalue weighted by Gasteiger charge is 2.35. The number of hydrogen-bond acceptors (Lipinski definition) is 5. The van der Waals surface area contributed by atoms with Gasteiger partial charge in [0.05, 0.1) is 5.56 Å². The van der Waals surface area contributed by atoms with Gasteiger partial charge < -0.3 is 9.52 Å². The summed E-state index contributed by atoms with van der Waals surface area (Å²) in [7, 11) is 0. The summed E-state index contributed by atoms with van der Waals surface area (Å²) in [4.78, 5) is 37.5. The number of carboxylic acids is 1. The fourth-order valence-electron chi connectivity index (χ4n) is 3.17. The van der Waals surface area contributed by atoms with Gasteiger partial charge in [-0.05, 0) is 48.8 Å². The molecule has 1 N–H and O–H groups in total. The fourth-order valence-corrected chi connectivity index (χ4v) is 3.17. The van der Waals surface area contributed by atoms with Gasteiger partial charge in [-0.15, -0.1) is 0 Å². The zero-order chi connectivity index (χ0) is 22.0. The van der Waals surface area contributed by atoms with Crippen molar-refractivity contribution in [1.29, 1.82) is 5.26 Å². The first kappa shape index (κ1) is 20.8. The number of nitriles is 1. The minimum atomic E-state index is -1.02. The molecule has 1 aromatic heterocycles. The predicted molar refractivity (Wildman–Crippen MR) is 109 cm³/mol. The number of rotatable bonds is 5. The number of carboxylic acid groups (broad SMARTS) is 1. The lowest BCUT2D eigenvalue weighted by Crippen LogP contribution is -2.44. The molecule has 0 radical (unpaired) electrons. The number of nitrogens with zero attached hydrogens (tertiary/aromatic N) is 2. The van der Waals surface area contributed by atoms with Gasteiger partial charge in [0.25, 0.3) is 11.8 Å². The molecule has 30 heavy (non-hydrogen) atoms. The molecule has 0 unspecified atom stereocenters. The van der Waals surface area contributed by atoms with Crippen molar-refractivity contribution in [2.45, 2.75) is 20.8 Å². The highest BCUT2D eigenvalue weighted by molar-refractivity contribution is 6.19. The number of imide groups is 1. The SMILES string of the molecule is CC1=C(C#N)C(=O)N(CC(C)C)C(=O)/C1=C\c1ccc(-c2ccc(C(=O)O)cc2)o1. The third-order valence-electron chi connectivity index (χ3n) is 4.70. The van der Waals surface area contributed by atoms with Gasteiger partial charge in [-0.2, -0.15) is 5.26 Å². The minimum Gasteiger partial charge on any atom is -0.478 e. The second-order valence-electron chi connectivity index (χ2n) is 7.37. The van der Waals surface area contributed by atoms with Gasteiger partial charge >= 0.3 is 5.97 Å². The number of hydrogen-bond donors (Lipinski definition) is 1. The molecule has 1 aliphatic rings. The van der Waals surface area contributed by atoms with Gasteiger partial charge in [0.15, 0.2) is 0 Å². The zero-order valence-corrected chi connectivity index (χ0v) is 16.8. The van der Waals surface area contributed by atoms with Crippen LogP contribution in [0.2, 0.25) is 0 Å². The Bertz CT molecular complexity index is 1130. The van der Waals surface area contributed by atoms with Crippen LogP contribution in [-0.2, 0) is 9.59 Å². The molecule has 0 fully saturated rings. The quantitative estimate of drug-likeness (QED) is 0.598. The molecule has 7 nitrogen and oxygen atoms in total. The highest BCUT2D eigenvalue weighted by atomic mass is 16.4. The summed E-state index contributed by atoms with van der Waals surface area (Å²) in [6.07, 6.45) is 1.52. The summed E-state index contributed by atoms with van der Waals surface area (Å²) in [5, 5.41) is 18.4. The van der Waals surface area contributed by atoms with Crippen LogP contribution in [-0.4, -0.2) is 34.3 Å². The van der Waals surface area contributed by atoms with Gasteiger partial charge in [-0.3, -0.25) is 14.5 Å². The second kappa shape index (κ2) is 8.21. The van der Waals surface area contributed by atoms with Crippen LogP contribution in [0.4, 0.5) is 0 Å². The molecule has 0 saturated heterocycles. The first-order valence-corrected chi connectivity index (χ1v) is 9.35. The minimum absolute atomic E-state index is 0.0569. The van der Waals surface area contributed by atoms with Gasteiger partial charge in [0, 0.05) is 17.7 Å². The average molecular weight is 404 g/mol. The molecule has 2 aromatic rings. The van der Waals surface area contributed by atoms with E-state index in [9.17, 15) is 19.6 Å². The van der Waals surface area contributed by atoms with E-state index in [1.807, 2.05) is 19.9 Å². The van der Waals surface area contributed by atoms with Crippen molar-refractivity contribution in [1.82, 2.24) is 4.90 Å². The van der Waals surface area contributed by atoms with E-state index in [1.165, 1.54) is 18.2 Å². The topological polar surface area (TPSA) is 112 Å². The van der Waals surface area contributed by atoms with Crippen molar-refractivity contribution < 1.29 is 23.9 Å². The van der Waals surface area contributed by atoms with Crippen LogP contribution in [0.3, 0.4) is 0 Å². The maximum atomic E-state index is 12.9. The Balaban J connectivity index is 1.98. The standard InChI is InChI=1S/C23H20N2O5/c1-13(2)12-25-21(26)18(14(3)19(11-24)22(25)27)10-17-8-9-20(30-17)15-4-6-16(7-5-15)23(28)29/h4-10,13H,12H2,1-3H3,(H,28,29)/b18-10-. The maximum Gasteiger partial charge on any atom is 0.335 e. The molecule has 3 rings (SSSR count). The Labute approximate surface area is 173 Å². The lowest BCUT2D eigenvalue weighted by atomic mass is 9.94. The Hall–Kier alpha value is -3.92. The van der Waals surface area contributed by atoms with Crippen LogP contribution in [0.1, 0.15) is 36.9 Å². The van der Waals surface area contributed by atoms with Crippen LogP contribution in [0, 0.1) is 17.2 Å². The van der Waals surface area contributed by atoms with Crippen LogP contribution < -0.4 is 0 Å². The summed E-state index contributed by atoms with van der Waals surface area (Å²) in [6, 6.07) is 11.5. The molecular weight excluding hydrogens is 384 g/mol. The largest absolute Gasteiger partial charge is 0.478 e. The molecule has 0 aliphatic carbocycles. The molecule has 7 heteroatoms. The molecule has 0 spiro atoms. The summed E-state index contributed by atoms with van der Waals surface area (Å²) in [5.41, 5.74) is 1.34. The zero-order valence-electron chi connectivity index (χ0n) is 16.8. The van der Waals surface area contributed by atoms with Gasteiger partial charge in [-0.25, -0.2) is 4.79 Å². The number of aromatic carboxylic acids is 1. The summed E-state index contributed by atoms with van der Waals surface area (Å²) >= 11 is 0. The Morgan fingerprint density at radius 3 is 2.40 bits per heavy atom. The summed E-state index contributed by atoms with van der Waals surface area (Å²) in [6.45, 7) is 5.55. The first-order valence-electron chi connectivity index (χ1n) is 9.35. The number of furan rings is 1. The van der Waals surface area contributed by atoms with Crippen molar-refractivity contribution in [2.24, 2.45) is 5.92 Å². The smallest absolute Gasteiger partial charge is 0.335 e. The Morgan fingerprint density at radius 1 is 1.17 bits per heavy atom. The summed E-state index contributed by atoms with van der Waals surface area (Å²) in [5.74, 6) is -1.12.